The van der Waals surface area contributed by atoms with Gasteiger partial charge >= 0.3 is 7.12 Å². The average Bonchev–Trinajstić information content (AvgIpc) is 2.82. The number of fused-ring (bicyclic) bond motifs is 1. The Morgan fingerprint density at radius 2 is 1.83 bits per heavy atom. The summed E-state index contributed by atoms with van der Waals surface area (Å²) in [5.41, 5.74) is 2.62. The van der Waals surface area contributed by atoms with E-state index in [9.17, 15) is 0 Å². The van der Waals surface area contributed by atoms with E-state index in [1.165, 1.54) is 0 Å². The van der Waals surface area contributed by atoms with E-state index in [4.69, 9.17) is 14.5 Å². The summed E-state index contributed by atoms with van der Waals surface area (Å²) in [6.07, 6.45) is 0. The summed E-state index contributed by atoms with van der Waals surface area (Å²) in [5.74, 6) is 0.471. The number of nitrogens with zero attached hydrogens (tertiary/aromatic N) is 1. The Balaban J connectivity index is 2.11. The van der Waals surface area contributed by atoms with Crippen LogP contribution in [0.25, 0.3) is 22.6 Å². The molecule has 0 bridgehead atoms. The van der Waals surface area contributed by atoms with Crippen molar-refractivity contribution in [1.29, 1.82) is 0 Å². The van der Waals surface area contributed by atoms with Crippen molar-refractivity contribution in [3.8, 4) is 11.5 Å². The highest BCUT2D eigenvalue weighted by Crippen LogP contribution is 2.23. The summed E-state index contributed by atoms with van der Waals surface area (Å²) in [6.45, 7) is 0. The van der Waals surface area contributed by atoms with Gasteiger partial charge in [0.25, 0.3) is 0 Å². The lowest BCUT2D eigenvalue weighted by Gasteiger charge is -2.00. The molecule has 0 radical (unpaired) electrons. The number of para-hydroxylation sites is 2. The largest absolute Gasteiger partial charge is 0.488 e. The van der Waals surface area contributed by atoms with Crippen molar-refractivity contribution >= 4 is 23.7 Å². The molecule has 0 fully saturated rings. The number of rotatable bonds is 2. The molecule has 4 nitrogen and oxygen atoms in total. The predicted molar refractivity (Wildman–Crippen MR) is 69.3 cm³/mol. The first-order chi connectivity index (χ1) is 8.74. The normalized spacial score (nSPS) is 10.8. The van der Waals surface area contributed by atoms with E-state index < -0.39 is 7.12 Å². The minimum atomic E-state index is -1.49. The monoisotopic (exact) mass is 239 g/mol. The zero-order valence-electron chi connectivity index (χ0n) is 9.45. The molecule has 0 atom stereocenters. The van der Waals surface area contributed by atoms with Crippen LogP contribution in [0.1, 0.15) is 0 Å². The molecule has 0 spiro atoms. The van der Waals surface area contributed by atoms with E-state index in [0.29, 0.717) is 16.9 Å². The van der Waals surface area contributed by atoms with Crippen molar-refractivity contribution in [2.24, 2.45) is 0 Å². The highest BCUT2D eigenvalue weighted by Gasteiger charge is 2.13. The van der Waals surface area contributed by atoms with Crippen LogP contribution in [0.15, 0.2) is 52.9 Å². The number of benzene rings is 2. The molecule has 88 valence electrons. The molecule has 5 heteroatoms. The van der Waals surface area contributed by atoms with Gasteiger partial charge in [-0.05, 0) is 29.7 Å². The van der Waals surface area contributed by atoms with Gasteiger partial charge in [-0.1, -0.05) is 24.3 Å². The molecule has 0 unspecified atom stereocenters. The minimum absolute atomic E-state index is 0.412. The van der Waals surface area contributed by atoms with E-state index >= 15 is 0 Å². The minimum Gasteiger partial charge on any atom is -0.436 e. The van der Waals surface area contributed by atoms with Crippen molar-refractivity contribution < 1.29 is 14.5 Å². The topological polar surface area (TPSA) is 66.5 Å². The molecule has 18 heavy (non-hydrogen) atoms. The summed E-state index contributed by atoms with van der Waals surface area (Å²) in [6, 6.07) is 14.3. The maximum absolute atomic E-state index is 9.14. The molecule has 1 heterocycles. The number of aromatic nitrogens is 1. The van der Waals surface area contributed by atoms with Crippen LogP contribution in [0.5, 0.6) is 0 Å². The first kappa shape index (κ1) is 11.0. The van der Waals surface area contributed by atoms with Crippen LogP contribution in [-0.4, -0.2) is 22.2 Å². The fourth-order valence-corrected chi connectivity index (χ4v) is 1.83. The molecule has 1 aromatic heterocycles. The predicted octanol–water partition coefficient (Wildman–Crippen LogP) is 1.17. The second-order valence-electron chi connectivity index (χ2n) is 3.99. The van der Waals surface area contributed by atoms with E-state index in [2.05, 4.69) is 4.98 Å². The lowest BCUT2D eigenvalue weighted by atomic mass is 9.79. The number of hydrogen-bond donors (Lipinski definition) is 2. The molecule has 0 aliphatic heterocycles. The highest BCUT2D eigenvalue weighted by molar-refractivity contribution is 6.58. The molecule has 0 saturated carbocycles. The smallest absolute Gasteiger partial charge is 0.436 e. The van der Waals surface area contributed by atoms with Gasteiger partial charge in [-0.3, -0.25) is 0 Å². The van der Waals surface area contributed by atoms with Crippen LogP contribution in [-0.2, 0) is 0 Å². The van der Waals surface area contributed by atoms with Gasteiger partial charge in [0, 0.05) is 5.56 Å². The Bertz CT molecular complexity index is 660. The summed E-state index contributed by atoms with van der Waals surface area (Å²) < 4.78 is 5.61. The van der Waals surface area contributed by atoms with E-state index in [-0.39, 0.29) is 0 Å². The van der Waals surface area contributed by atoms with Gasteiger partial charge in [-0.25, -0.2) is 4.98 Å². The van der Waals surface area contributed by atoms with E-state index in [1.807, 2.05) is 30.3 Å². The molecular weight excluding hydrogens is 229 g/mol. The zero-order chi connectivity index (χ0) is 12.5. The van der Waals surface area contributed by atoms with Crippen LogP contribution in [0.3, 0.4) is 0 Å². The Morgan fingerprint density at radius 3 is 2.61 bits per heavy atom. The van der Waals surface area contributed by atoms with Crippen molar-refractivity contribution in [3.05, 3.63) is 48.5 Å². The second-order valence-corrected chi connectivity index (χ2v) is 3.99. The van der Waals surface area contributed by atoms with Crippen LogP contribution in [0.2, 0.25) is 0 Å². The van der Waals surface area contributed by atoms with Crippen molar-refractivity contribution in [2.75, 3.05) is 0 Å². The zero-order valence-corrected chi connectivity index (χ0v) is 9.45. The van der Waals surface area contributed by atoms with Gasteiger partial charge in [0.2, 0.25) is 5.89 Å². The molecule has 3 rings (SSSR count). The van der Waals surface area contributed by atoms with Crippen LogP contribution in [0.4, 0.5) is 0 Å². The summed E-state index contributed by atoms with van der Waals surface area (Å²) in [4.78, 5) is 4.35. The Kier molecular flexibility index (Phi) is 2.62. The third-order valence-corrected chi connectivity index (χ3v) is 2.73. The standard InChI is InChI=1S/C13H10BNO3/c16-14(17)10-5-3-4-9(8-10)13-15-11-6-1-2-7-12(11)18-13/h1-8,16-17H. The fraction of sp³-hybridized carbons (Fsp3) is 0. The molecule has 0 saturated heterocycles. The Labute approximate surface area is 104 Å². The lowest BCUT2D eigenvalue weighted by molar-refractivity contribution is 0.426. The van der Waals surface area contributed by atoms with E-state index in [0.717, 1.165) is 11.1 Å². The number of hydrogen-bond acceptors (Lipinski definition) is 4. The third kappa shape index (κ3) is 1.90. The SMILES string of the molecule is OB(O)c1cccc(-c2nc3ccccc3o2)c1. The summed E-state index contributed by atoms with van der Waals surface area (Å²) in [5, 5.41) is 18.3. The van der Waals surface area contributed by atoms with Crippen LogP contribution < -0.4 is 5.46 Å². The van der Waals surface area contributed by atoms with Gasteiger partial charge < -0.3 is 14.5 Å². The molecular formula is C13H10BNO3. The summed E-state index contributed by atoms with van der Waals surface area (Å²) in [7, 11) is -1.49. The molecule has 0 aliphatic carbocycles. The first-order valence-electron chi connectivity index (χ1n) is 5.56. The first-order valence-corrected chi connectivity index (χ1v) is 5.56. The van der Waals surface area contributed by atoms with Crippen LogP contribution in [0, 0.1) is 0 Å². The fourth-order valence-electron chi connectivity index (χ4n) is 1.83. The third-order valence-electron chi connectivity index (χ3n) is 2.73. The maximum Gasteiger partial charge on any atom is 0.488 e. The average molecular weight is 239 g/mol. The Morgan fingerprint density at radius 1 is 1.00 bits per heavy atom. The highest BCUT2D eigenvalue weighted by atomic mass is 16.4. The maximum atomic E-state index is 9.14. The quantitative estimate of drug-likeness (QED) is 0.659. The summed E-state index contributed by atoms with van der Waals surface area (Å²) >= 11 is 0. The van der Waals surface area contributed by atoms with Gasteiger partial charge in [0.15, 0.2) is 5.58 Å². The molecule has 3 aromatic rings. The van der Waals surface area contributed by atoms with Gasteiger partial charge in [-0.2, -0.15) is 0 Å². The van der Waals surface area contributed by atoms with Crippen molar-refractivity contribution in [1.82, 2.24) is 4.98 Å². The van der Waals surface area contributed by atoms with Gasteiger partial charge in [-0.15, -0.1) is 0 Å². The second kappa shape index (κ2) is 4.29. The number of oxazole rings is 1. The Hall–Kier alpha value is -2.11. The van der Waals surface area contributed by atoms with Crippen molar-refractivity contribution in [3.63, 3.8) is 0 Å². The molecule has 0 aliphatic rings. The molecule has 2 N–H and O–H groups in total. The lowest BCUT2D eigenvalue weighted by Crippen LogP contribution is -2.29. The van der Waals surface area contributed by atoms with Crippen molar-refractivity contribution in [2.45, 2.75) is 0 Å². The van der Waals surface area contributed by atoms with Crippen LogP contribution >= 0.6 is 0 Å². The van der Waals surface area contributed by atoms with Gasteiger partial charge in [0.1, 0.15) is 5.52 Å². The van der Waals surface area contributed by atoms with Gasteiger partial charge in [0.05, 0.1) is 0 Å². The molecule has 2 aromatic carbocycles. The van der Waals surface area contributed by atoms with E-state index in [1.54, 1.807) is 18.2 Å². The molecule has 0 amide bonds.